The highest BCUT2D eigenvalue weighted by Gasteiger charge is 2.30. The number of hydrogen-bond acceptors (Lipinski definition) is 4. The summed E-state index contributed by atoms with van der Waals surface area (Å²) >= 11 is 0. The third kappa shape index (κ3) is 4.03. The molecular formula is C11H23NO3S. The summed E-state index contributed by atoms with van der Waals surface area (Å²) in [6, 6.07) is 0. The molecule has 0 amide bonds. The molecule has 0 aromatic heterocycles. The maximum absolute atomic E-state index is 11.7. The fourth-order valence-corrected chi connectivity index (χ4v) is 2.44. The van der Waals surface area contributed by atoms with Crippen LogP contribution in [0.25, 0.3) is 0 Å². The van der Waals surface area contributed by atoms with Gasteiger partial charge in [-0.25, -0.2) is 8.42 Å². The first-order valence-corrected chi connectivity index (χ1v) is 7.50. The minimum atomic E-state index is -3.04. The Kier molecular flexibility index (Phi) is 4.37. The summed E-state index contributed by atoms with van der Waals surface area (Å²) in [6.07, 6.45) is 1.89. The van der Waals surface area contributed by atoms with Gasteiger partial charge in [0, 0.05) is 13.1 Å². The van der Waals surface area contributed by atoms with Crippen LogP contribution in [-0.4, -0.2) is 43.2 Å². The highest BCUT2D eigenvalue weighted by atomic mass is 32.2. The maximum Gasteiger partial charge on any atom is 0.156 e. The van der Waals surface area contributed by atoms with E-state index in [1.165, 1.54) is 0 Å². The van der Waals surface area contributed by atoms with Crippen molar-refractivity contribution in [2.75, 3.05) is 18.8 Å². The highest BCUT2D eigenvalue weighted by molar-refractivity contribution is 7.92. The number of rotatable bonds is 6. The van der Waals surface area contributed by atoms with Crippen molar-refractivity contribution in [2.24, 2.45) is 5.92 Å². The van der Waals surface area contributed by atoms with Crippen LogP contribution in [0.3, 0.4) is 0 Å². The number of sulfone groups is 1. The zero-order valence-corrected chi connectivity index (χ0v) is 11.2. The SMILES string of the molecule is CC(C)(C)S(=O)(=O)CCNCC(O)C1CC1. The summed E-state index contributed by atoms with van der Waals surface area (Å²) in [5.41, 5.74) is 0. The lowest BCUT2D eigenvalue weighted by molar-refractivity contribution is 0.149. The van der Waals surface area contributed by atoms with Crippen LogP contribution in [0.4, 0.5) is 0 Å². The second kappa shape index (κ2) is 5.02. The van der Waals surface area contributed by atoms with E-state index in [1.807, 2.05) is 0 Å². The molecule has 1 rings (SSSR count). The second-order valence-electron chi connectivity index (χ2n) is 5.54. The van der Waals surface area contributed by atoms with E-state index in [0.29, 0.717) is 19.0 Å². The molecule has 0 aromatic carbocycles. The van der Waals surface area contributed by atoms with Crippen molar-refractivity contribution in [3.63, 3.8) is 0 Å². The van der Waals surface area contributed by atoms with Crippen molar-refractivity contribution in [3.8, 4) is 0 Å². The fraction of sp³-hybridized carbons (Fsp3) is 1.00. The molecule has 0 aliphatic heterocycles. The van der Waals surface area contributed by atoms with Crippen LogP contribution in [0.5, 0.6) is 0 Å². The predicted octanol–water partition coefficient (Wildman–Crippen LogP) is 0.560. The van der Waals surface area contributed by atoms with Gasteiger partial charge in [-0.15, -0.1) is 0 Å². The molecule has 0 saturated heterocycles. The summed E-state index contributed by atoms with van der Waals surface area (Å²) < 4.78 is 22.8. The van der Waals surface area contributed by atoms with Crippen molar-refractivity contribution >= 4 is 9.84 Å². The Balaban J connectivity index is 2.20. The highest BCUT2D eigenvalue weighted by Crippen LogP contribution is 2.32. The smallest absolute Gasteiger partial charge is 0.156 e. The van der Waals surface area contributed by atoms with Gasteiger partial charge in [0.25, 0.3) is 0 Å². The number of nitrogens with one attached hydrogen (secondary N) is 1. The number of hydrogen-bond donors (Lipinski definition) is 2. The van der Waals surface area contributed by atoms with Gasteiger partial charge < -0.3 is 10.4 Å². The van der Waals surface area contributed by atoms with Crippen LogP contribution >= 0.6 is 0 Å². The van der Waals surface area contributed by atoms with E-state index < -0.39 is 14.6 Å². The minimum absolute atomic E-state index is 0.133. The van der Waals surface area contributed by atoms with Gasteiger partial charge in [-0.05, 0) is 39.5 Å². The summed E-state index contributed by atoms with van der Waals surface area (Å²) in [5.74, 6) is 0.570. The van der Waals surface area contributed by atoms with Crippen LogP contribution in [-0.2, 0) is 9.84 Å². The molecule has 1 fully saturated rings. The molecule has 0 radical (unpaired) electrons. The molecule has 1 saturated carbocycles. The Bertz CT molecular complexity index is 315. The molecule has 0 spiro atoms. The summed E-state index contributed by atoms with van der Waals surface area (Å²) in [7, 11) is -3.04. The lowest BCUT2D eigenvalue weighted by Crippen LogP contribution is -2.37. The average molecular weight is 249 g/mol. The minimum Gasteiger partial charge on any atom is -0.392 e. The van der Waals surface area contributed by atoms with Crippen molar-refractivity contribution < 1.29 is 13.5 Å². The first-order chi connectivity index (χ1) is 7.24. The Morgan fingerprint density at radius 1 is 1.38 bits per heavy atom. The maximum atomic E-state index is 11.7. The van der Waals surface area contributed by atoms with E-state index in [9.17, 15) is 13.5 Å². The average Bonchev–Trinajstić information content (AvgIpc) is 2.93. The van der Waals surface area contributed by atoms with Gasteiger partial charge >= 0.3 is 0 Å². The zero-order chi connectivity index (χ0) is 12.4. The Morgan fingerprint density at radius 2 is 1.94 bits per heavy atom. The van der Waals surface area contributed by atoms with E-state index in [1.54, 1.807) is 20.8 Å². The van der Waals surface area contributed by atoms with Gasteiger partial charge in [-0.3, -0.25) is 0 Å². The van der Waals surface area contributed by atoms with Crippen LogP contribution in [0.1, 0.15) is 33.6 Å². The fourth-order valence-electron chi connectivity index (χ4n) is 1.41. The molecule has 5 heteroatoms. The molecule has 1 aliphatic rings. The van der Waals surface area contributed by atoms with E-state index in [0.717, 1.165) is 12.8 Å². The Morgan fingerprint density at radius 3 is 2.38 bits per heavy atom. The van der Waals surface area contributed by atoms with Crippen LogP contribution < -0.4 is 5.32 Å². The van der Waals surface area contributed by atoms with Crippen molar-refractivity contribution in [2.45, 2.75) is 44.5 Å². The first kappa shape index (κ1) is 13.9. The van der Waals surface area contributed by atoms with Crippen molar-refractivity contribution in [1.82, 2.24) is 5.32 Å². The Labute approximate surface area is 98.4 Å². The number of aliphatic hydroxyl groups excluding tert-OH is 1. The van der Waals surface area contributed by atoms with Gasteiger partial charge in [0.05, 0.1) is 16.6 Å². The van der Waals surface area contributed by atoms with Crippen LogP contribution in [0.15, 0.2) is 0 Å². The van der Waals surface area contributed by atoms with Crippen molar-refractivity contribution in [1.29, 1.82) is 0 Å². The quantitative estimate of drug-likeness (QED) is 0.675. The van der Waals surface area contributed by atoms with E-state index in [4.69, 9.17) is 0 Å². The lowest BCUT2D eigenvalue weighted by atomic mass is 10.2. The summed E-state index contributed by atoms with van der Waals surface area (Å²) in [6.45, 7) is 6.05. The van der Waals surface area contributed by atoms with E-state index in [2.05, 4.69) is 5.32 Å². The predicted molar refractivity (Wildman–Crippen MR) is 65.1 cm³/mol. The standard InChI is InChI=1S/C11H23NO3S/c1-11(2,3)16(14,15)7-6-12-8-10(13)9-4-5-9/h9-10,12-13H,4-8H2,1-3H3. The van der Waals surface area contributed by atoms with Gasteiger partial charge in [0.2, 0.25) is 0 Å². The molecule has 0 aromatic rings. The molecular weight excluding hydrogens is 226 g/mol. The van der Waals surface area contributed by atoms with Crippen molar-refractivity contribution in [3.05, 3.63) is 0 Å². The molecule has 1 aliphatic carbocycles. The molecule has 0 heterocycles. The Hall–Kier alpha value is -0.130. The van der Waals surface area contributed by atoms with E-state index in [-0.39, 0.29) is 11.9 Å². The summed E-state index contributed by atoms with van der Waals surface area (Å²) in [5, 5.41) is 12.6. The van der Waals surface area contributed by atoms with Crippen LogP contribution in [0.2, 0.25) is 0 Å². The topological polar surface area (TPSA) is 66.4 Å². The molecule has 0 bridgehead atoms. The van der Waals surface area contributed by atoms with Crippen LogP contribution in [0, 0.1) is 5.92 Å². The molecule has 96 valence electrons. The molecule has 1 unspecified atom stereocenters. The van der Waals surface area contributed by atoms with Gasteiger partial charge in [-0.2, -0.15) is 0 Å². The third-order valence-corrected chi connectivity index (χ3v) is 5.61. The van der Waals surface area contributed by atoms with Gasteiger partial charge in [0.1, 0.15) is 0 Å². The molecule has 2 N–H and O–H groups in total. The van der Waals surface area contributed by atoms with E-state index >= 15 is 0 Å². The van der Waals surface area contributed by atoms with Gasteiger partial charge in [0.15, 0.2) is 9.84 Å². The molecule has 4 nitrogen and oxygen atoms in total. The monoisotopic (exact) mass is 249 g/mol. The molecule has 16 heavy (non-hydrogen) atoms. The summed E-state index contributed by atoms with van der Waals surface area (Å²) in [4.78, 5) is 0. The number of aliphatic hydroxyl groups is 1. The first-order valence-electron chi connectivity index (χ1n) is 5.85. The second-order valence-corrected chi connectivity index (χ2v) is 8.40. The lowest BCUT2D eigenvalue weighted by Gasteiger charge is -2.19. The molecule has 1 atom stereocenters. The normalized spacial score (nSPS) is 19.8. The largest absolute Gasteiger partial charge is 0.392 e. The van der Waals surface area contributed by atoms with Gasteiger partial charge in [-0.1, -0.05) is 0 Å². The zero-order valence-electron chi connectivity index (χ0n) is 10.4. The third-order valence-electron chi connectivity index (χ3n) is 3.00.